The molecule has 4 aliphatic carbocycles. The van der Waals surface area contributed by atoms with Gasteiger partial charge in [-0.2, -0.15) is 0 Å². The van der Waals surface area contributed by atoms with Crippen molar-refractivity contribution in [1.82, 2.24) is 5.32 Å². The summed E-state index contributed by atoms with van der Waals surface area (Å²) in [6, 6.07) is 0. The van der Waals surface area contributed by atoms with Gasteiger partial charge in [0.1, 0.15) is 11.9 Å². The van der Waals surface area contributed by atoms with Crippen molar-refractivity contribution in [1.29, 1.82) is 0 Å². The van der Waals surface area contributed by atoms with Crippen LogP contribution < -0.4 is 5.32 Å². The fourth-order valence-corrected chi connectivity index (χ4v) is 7.27. The van der Waals surface area contributed by atoms with Gasteiger partial charge in [-0.15, -0.1) is 0 Å². The highest BCUT2D eigenvalue weighted by Crippen LogP contribution is 2.64. The van der Waals surface area contributed by atoms with Crippen molar-refractivity contribution in [2.24, 2.45) is 33.7 Å². The first-order valence-electron chi connectivity index (χ1n) is 11.2. The Kier molecular flexibility index (Phi) is 4.27. The van der Waals surface area contributed by atoms with E-state index in [1.165, 1.54) is 25.7 Å². The first-order chi connectivity index (χ1) is 13.0. The van der Waals surface area contributed by atoms with Gasteiger partial charge in [0, 0.05) is 24.8 Å². The summed E-state index contributed by atoms with van der Waals surface area (Å²) in [7, 11) is 0. The molecule has 0 spiro atoms. The Morgan fingerprint density at radius 2 is 1.89 bits per heavy atom. The number of ketones is 1. The van der Waals surface area contributed by atoms with Crippen LogP contribution in [0.4, 0.5) is 0 Å². The molecule has 0 aromatic heterocycles. The molecule has 27 heavy (non-hydrogen) atoms. The fourth-order valence-electron chi connectivity index (χ4n) is 7.27. The molecular formula is C23H34N2O2. The second-order valence-corrected chi connectivity index (χ2v) is 10.2. The Bertz CT molecular complexity index is 692. The van der Waals surface area contributed by atoms with E-state index in [-0.39, 0.29) is 11.5 Å². The highest BCUT2D eigenvalue weighted by Gasteiger charge is 2.58. The topological polar surface area (TPSA) is 50.7 Å². The number of fused-ring (bicyclic) bond motifs is 5. The Hall–Kier alpha value is -1.16. The van der Waals surface area contributed by atoms with Crippen molar-refractivity contribution in [3.63, 3.8) is 0 Å². The summed E-state index contributed by atoms with van der Waals surface area (Å²) in [6.07, 6.45) is 12.7. The lowest BCUT2D eigenvalue weighted by Crippen LogP contribution is -2.50. The number of Topliss-reactive ketones (excluding diaryl/α,β-unsaturated/α-hetero) is 1. The lowest BCUT2D eigenvalue weighted by Gasteiger charge is -2.57. The van der Waals surface area contributed by atoms with Crippen molar-refractivity contribution in [2.75, 3.05) is 13.1 Å². The fraction of sp³-hybridized carbons (Fsp3) is 0.826. The van der Waals surface area contributed by atoms with Gasteiger partial charge in [-0.25, -0.2) is 0 Å². The largest absolute Gasteiger partial charge is 0.391 e. The predicted octanol–water partition coefficient (Wildman–Crippen LogP) is 4.25. The van der Waals surface area contributed by atoms with Gasteiger partial charge >= 0.3 is 0 Å². The number of hydrogen-bond donors (Lipinski definition) is 1. The number of carbonyl (C=O) groups is 1. The summed E-state index contributed by atoms with van der Waals surface area (Å²) >= 11 is 0. The van der Waals surface area contributed by atoms with Gasteiger partial charge in [0.15, 0.2) is 0 Å². The molecule has 148 valence electrons. The Morgan fingerprint density at radius 3 is 2.70 bits per heavy atom. The molecule has 0 bridgehead atoms. The molecule has 0 radical (unpaired) electrons. The van der Waals surface area contributed by atoms with E-state index in [2.05, 4.69) is 30.4 Å². The standard InChI is InChI=1S/C23H34N2O2/c1-22-10-7-16(25-27-17-9-12-24-14-17)13-15(22)3-4-18-19-5-6-21(26)23(19,2)11-8-20(18)22/h13,17-20,24H,3-12,14H2,1-2H3/b25-16+/t17?,18?,19?,20?,22?,23-/m0/s1. The molecule has 0 aromatic carbocycles. The van der Waals surface area contributed by atoms with E-state index in [1.54, 1.807) is 5.57 Å². The maximum absolute atomic E-state index is 12.5. The highest BCUT2D eigenvalue weighted by atomic mass is 16.6. The van der Waals surface area contributed by atoms with Crippen LogP contribution in [-0.2, 0) is 9.63 Å². The maximum Gasteiger partial charge on any atom is 0.141 e. The summed E-state index contributed by atoms with van der Waals surface area (Å²) in [5.41, 5.74) is 3.05. The number of allylic oxidation sites excluding steroid dienone is 2. The van der Waals surface area contributed by atoms with Crippen LogP contribution in [0, 0.1) is 28.6 Å². The third-order valence-electron chi connectivity index (χ3n) is 9.02. The van der Waals surface area contributed by atoms with Crippen LogP contribution in [0.1, 0.15) is 71.6 Å². The van der Waals surface area contributed by atoms with Crippen LogP contribution in [-0.4, -0.2) is 30.7 Å². The first kappa shape index (κ1) is 17.9. The molecule has 5 rings (SSSR count). The average Bonchev–Trinajstić information content (AvgIpc) is 3.28. The molecule has 4 heteroatoms. The van der Waals surface area contributed by atoms with Crippen molar-refractivity contribution < 1.29 is 9.63 Å². The molecule has 1 aliphatic heterocycles. The van der Waals surface area contributed by atoms with Crippen LogP contribution in [0.25, 0.3) is 0 Å². The number of rotatable bonds is 2. The smallest absolute Gasteiger partial charge is 0.141 e. The van der Waals surface area contributed by atoms with Gasteiger partial charge in [-0.3, -0.25) is 4.79 Å². The van der Waals surface area contributed by atoms with Gasteiger partial charge in [-0.05, 0) is 80.7 Å². The minimum atomic E-state index is -0.0107. The molecule has 5 unspecified atom stereocenters. The SMILES string of the molecule is CC12CC/C(=N\OC3CCNC3)C=C1CCC1C2CC[C@]2(C)C(=O)CCC12. The summed E-state index contributed by atoms with van der Waals surface area (Å²) in [6.45, 7) is 6.75. The number of hydrogen-bond acceptors (Lipinski definition) is 4. The minimum Gasteiger partial charge on any atom is -0.391 e. The molecular weight excluding hydrogens is 336 g/mol. The molecule has 0 amide bonds. The van der Waals surface area contributed by atoms with Crippen LogP contribution in [0.2, 0.25) is 0 Å². The van der Waals surface area contributed by atoms with E-state index < -0.39 is 0 Å². The monoisotopic (exact) mass is 370 g/mol. The molecule has 1 saturated heterocycles. The lowest BCUT2D eigenvalue weighted by molar-refractivity contribution is -0.132. The molecule has 3 saturated carbocycles. The van der Waals surface area contributed by atoms with E-state index in [0.29, 0.717) is 17.1 Å². The van der Waals surface area contributed by atoms with Gasteiger partial charge in [-0.1, -0.05) is 24.6 Å². The molecule has 1 N–H and O–H groups in total. The number of nitrogens with one attached hydrogen (secondary N) is 1. The predicted molar refractivity (Wildman–Crippen MR) is 107 cm³/mol. The summed E-state index contributed by atoms with van der Waals surface area (Å²) in [5, 5.41) is 7.85. The molecule has 4 nitrogen and oxygen atoms in total. The Labute approximate surface area is 163 Å². The van der Waals surface area contributed by atoms with Gasteiger partial charge in [0.05, 0.1) is 5.71 Å². The summed E-state index contributed by atoms with van der Waals surface area (Å²) in [4.78, 5) is 18.3. The second kappa shape index (κ2) is 6.43. The summed E-state index contributed by atoms with van der Waals surface area (Å²) in [5.74, 6) is 2.68. The molecule has 6 atom stereocenters. The second-order valence-electron chi connectivity index (χ2n) is 10.2. The molecule has 1 heterocycles. The van der Waals surface area contributed by atoms with Gasteiger partial charge < -0.3 is 10.2 Å². The van der Waals surface area contributed by atoms with E-state index >= 15 is 0 Å². The summed E-state index contributed by atoms with van der Waals surface area (Å²) < 4.78 is 0. The normalized spacial score (nSPS) is 48.0. The van der Waals surface area contributed by atoms with Crippen LogP contribution in [0.5, 0.6) is 0 Å². The Morgan fingerprint density at radius 1 is 1.04 bits per heavy atom. The van der Waals surface area contributed by atoms with Crippen molar-refractivity contribution in [3.8, 4) is 0 Å². The third kappa shape index (κ3) is 2.73. The zero-order valence-corrected chi connectivity index (χ0v) is 16.9. The highest BCUT2D eigenvalue weighted by molar-refractivity contribution is 5.96. The van der Waals surface area contributed by atoms with E-state index in [0.717, 1.165) is 62.7 Å². The number of carbonyl (C=O) groups excluding carboxylic acids is 1. The van der Waals surface area contributed by atoms with Gasteiger partial charge in [0.2, 0.25) is 0 Å². The number of nitrogens with zero attached hydrogens (tertiary/aromatic N) is 1. The quantitative estimate of drug-likeness (QED) is 0.739. The van der Waals surface area contributed by atoms with Crippen molar-refractivity contribution >= 4 is 11.5 Å². The van der Waals surface area contributed by atoms with E-state index in [9.17, 15) is 4.79 Å². The van der Waals surface area contributed by atoms with Crippen LogP contribution in [0.3, 0.4) is 0 Å². The van der Waals surface area contributed by atoms with Crippen molar-refractivity contribution in [3.05, 3.63) is 11.6 Å². The lowest BCUT2D eigenvalue weighted by atomic mass is 9.47. The molecule has 0 aromatic rings. The zero-order chi connectivity index (χ0) is 18.6. The average molecular weight is 371 g/mol. The minimum absolute atomic E-state index is 0.0107. The van der Waals surface area contributed by atoms with Crippen LogP contribution in [0.15, 0.2) is 16.8 Å². The Balaban J connectivity index is 1.36. The molecule has 4 fully saturated rings. The van der Waals surface area contributed by atoms with Crippen LogP contribution >= 0.6 is 0 Å². The van der Waals surface area contributed by atoms with Gasteiger partial charge in [0.25, 0.3) is 0 Å². The van der Waals surface area contributed by atoms with E-state index in [4.69, 9.17) is 4.84 Å². The zero-order valence-electron chi connectivity index (χ0n) is 16.9. The number of oxime groups is 1. The van der Waals surface area contributed by atoms with Crippen molar-refractivity contribution in [2.45, 2.75) is 77.7 Å². The molecule has 5 aliphatic rings. The maximum atomic E-state index is 12.5. The van der Waals surface area contributed by atoms with E-state index in [1.807, 2.05) is 0 Å². The third-order valence-corrected chi connectivity index (χ3v) is 9.02. The first-order valence-corrected chi connectivity index (χ1v) is 11.2.